The molecule has 1 aliphatic heterocycles. The van der Waals surface area contributed by atoms with E-state index in [1.807, 2.05) is 0 Å². The van der Waals surface area contributed by atoms with Gasteiger partial charge < -0.3 is 10.1 Å². The Hall–Kier alpha value is -2.11. The number of anilines is 1. The van der Waals surface area contributed by atoms with Crippen LogP contribution in [0.15, 0.2) is 18.2 Å². The fourth-order valence-electron chi connectivity index (χ4n) is 2.07. The number of carbonyl (C=O) groups excluding carboxylic acids is 2. The lowest BCUT2D eigenvalue weighted by Gasteiger charge is -2.36. The molecule has 0 saturated carbocycles. The summed E-state index contributed by atoms with van der Waals surface area (Å²) >= 11 is 0. The average Bonchev–Trinajstić information content (AvgIpc) is 2.37. The highest BCUT2D eigenvalue weighted by molar-refractivity contribution is 6.08. The van der Waals surface area contributed by atoms with Gasteiger partial charge in [0, 0.05) is 11.8 Å². The van der Waals surface area contributed by atoms with Gasteiger partial charge in [0.25, 0.3) is 0 Å². The van der Waals surface area contributed by atoms with Crippen LogP contribution in [-0.4, -0.2) is 31.0 Å². The Labute approximate surface area is 110 Å². The normalized spacial score (nSPS) is 23.3. The zero-order valence-corrected chi connectivity index (χ0v) is 10.9. The first-order valence-corrected chi connectivity index (χ1v) is 5.92. The summed E-state index contributed by atoms with van der Waals surface area (Å²) in [7, 11) is 1.36. The Bertz CT molecular complexity index is 533. The van der Waals surface area contributed by atoms with Crippen molar-refractivity contribution < 1.29 is 18.7 Å². The quantitative estimate of drug-likeness (QED) is 0.871. The summed E-state index contributed by atoms with van der Waals surface area (Å²) in [4.78, 5) is 25.1. The molecule has 19 heavy (non-hydrogen) atoms. The molecule has 5 nitrogen and oxygen atoms in total. The van der Waals surface area contributed by atoms with Crippen LogP contribution in [0.4, 0.5) is 10.1 Å². The van der Waals surface area contributed by atoms with Crippen LogP contribution in [0.25, 0.3) is 0 Å². The van der Waals surface area contributed by atoms with E-state index >= 15 is 0 Å². The van der Waals surface area contributed by atoms with Gasteiger partial charge in [-0.15, -0.1) is 0 Å². The van der Waals surface area contributed by atoms with Crippen LogP contribution in [0.2, 0.25) is 0 Å². The van der Waals surface area contributed by atoms with Crippen molar-refractivity contribution in [3.8, 4) is 5.75 Å². The molecule has 0 aromatic heterocycles. The number of ether oxygens (including phenoxy) is 1. The molecule has 0 radical (unpaired) electrons. The minimum absolute atomic E-state index is 0.0957. The predicted octanol–water partition coefficient (Wildman–Crippen LogP) is 1.07. The van der Waals surface area contributed by atoms with Crippen LogP contribution in [0.5, 0.6) is 5.75 Å². The van der Waals surface area contributed by atoms with Gasteiger partial charge in [-0.2, -0.15) is 0 Å². The maximum atomic E-state index is 13.7. The highest BCUT2D eigenvalue weighted by Gasteiger charge is 2.36. The van der Waals surface area contributed by atoms with Crippen molar-refractivity contribution in [1.29, 1.82) is 0 Å². The second-order valence-corrected chi connectivity index (χ2v) is 4.43. The van der Waals surface area contributed by atoms with Gasteiger partial charge in [0.2, 0.25) is 11.8 Å². The lowest BCUT2D eigenvalue weighted by molar-refractivity contribution is -0.133. The van der Waals surface area contributed by atoms with Crippen molar-refractivity contribution in [3.63, 3.8) is 0 Å². The number of amides is 2. The molecule has 1 saturated heterocycles. The maximum absolute atomic E-state index is 13.7. The van der Waals surface area contributed by atoms with E-state index in [1.165, 1.54) is 24.1 Å². The molecule has 1 heterocycles. The number of carbonyl (C=O) groups is 2. The van der Waals surface area contributed by atoms with Gasteiger partial charge in [0.05, 0.1) is 7.11 Å². The maximum Gasteiger partial charge on any atom is 0.250 e. The lowest BCUT2D eigenvalue weighted by atomic mass is 10.1. The van der Waals surface area contributed by atoms with Crippen LogP contribution >= 0.6 is 0 Å². The average molecular weight is 266 g/mol. The smallest absolute Gasteiger partial charge is 0.250 e. The number of piperazine rings is 1. The molecule has 0 spiro atoms. The third-order valence-corrected chi connectivity index (χ3v) is 3.15. The van der Waals surface area contributed by atoms with Crippen molar-refractivity contribution in [3.05, 3.63) is 24.0 Å². The molecule has 102 valence electrons. The summed E-state index contributed by atoms with van der Waals surface area (Å²) in [5.74, 6) is -1.00. The fourth-order valence-corrected chi connectivity index (χ4v) is 2.07. The SMILES string of the molecule is COc1ccc(N2C(=O)C(C)NC(=O)C2C)cc1F. The lowest BCUT2D eigenvalue weighted by Crippen LogP contribution is -2.61. The first-order valence-electron chi connectivity index (χ1n) is 5.92. The van der Waals surface area contributed by atoms with E-state index in [4.69, 9.17) is 4.74 Å². The first kappa shape index (κ1) is 13.3. The summed E-state index contributed by atoms with van der Waals surface area (Å²) < 4.78 is 18.5. The molecule has 1 N–H and O–H groups in total. The van der Waals surface area contributed by atoms with E-state index in [2.05, 4.69) is 5.32 Å². The second-order valence-electron chi connectivity index (χ2n) is 4.43. The predicted molar refractivity (Wildman–Crippen MR) is 67.5 cm³/mol. The molecule has 1 aromatic carbocycles. The summed E-state index contributed by atoms with van der Waals surface area (Å²) in [5, 5.41) is 2.57. The van der Waals surface area contributed by atoms with E-state index in [1.54, 1.807) is 19.9 Å². The highest BCUT2D eigenvalue weighted by atomic mass is 19.1. The Morgan fingerprint density at radius 1 is 1.32 bits per heavy atom. The zero-order valence-electron chi connectivity index (χ0n) is 10.9. The van der Waals surface area contributed by atoms with Crippen LogP contribution in [0, 0.1) is 5.82 Å². The Morgan fingerprint density at radius 2 is 2.00 bits per heavy atom. The Balaban J connectivity index is 2.40. The number of methoxy groups -OCH3 is 1. The van der Waals surface area contributed by atoms with Crippen molar-refractivity contribution in [2.75, 3.05) is 12.0 Å². The number of benzene rings is 1. The van der Waals surface area contributed by atoms with Crippen LogP contribution in [0.3, 0.4) is 0 Å². The minimum Gasteiger partial charge on any atom is -0.494 e. The van der Waals surface area contributed by atoms with E-state index in [-0.39, 0.29) is 17.6 Å². The summed E-state index contributed by atoms with van der Waals surface area (Å²) in [6.07, 6.45) is 0. The summed E-state index contributed by atoms with van der Waals surface area (Å²) in [6.45, 7) is 3.19. The summed E-state index contributed by atoms with van der Waals surface area (Å²) in [5.41, 5.74) is 0.345. The third-order valence-electron chi connectivity index (χ3n) is 3.15. The molecule has 2 unspecified atom stereocenters. The van der Waals surface area contributed by atoms with Crippen molar-refractivity contribution in [2.24, 2.45) is 0 Å². The van der Waals surface area contributed by atoms with Crippen molar-refractivity contribution >= 4 is 17.5 Å². The highest BCUT2D eigenvalue weighted by Crippen LogP contribution is 2.26. The first-order chi connectivity index (χ1) is 8.95. The number of nitrogens with zero attached hydrogens (tertiary/aromatic N) is 1. The van der Waals surface area contributed by atoms with Gasteiger partial charge in [-0.25, -0.2) is 4.39 Å². The van der Waals surface area contributed by atoms with Gasteiger partial charge in [-0.1, -0.05) is 0 Å². The Morgan fingerprint density at radius 3 is 2.58 bits per heavy atom. The fraction of sp³-hybridized carbons (Fsp3) is 0.385. The van der Waals surface area contributed by atoms with E-state index in [0.29, 0.717) is 5.69 Å². The van der Waals surface area contributed by atoms with E-state index < -0.39 is 17.9 Å². The monoisotopic (exact) mass is 266 g/mol. The minimum atomic E-state index is -0.670. The summed E-state index contributed by atoms with van der Waals surface area (Å²) in [6, 6.07) is 2.90. The molecule has 1 fully saturated rings. The number of nitrogens with one attached hydrogen (secondary N) is 1. The molecular formula is C13H15FN2O3. The van der Waals surface area contributed by atoms with Crippen molar-refractivity contribution in [2.45, 2.75) is 25.9 Å². The van der Waals surface area contributed by atoms with E-state index in [9.17, 15) is 14.0 Å². The molecule has 2 atom stereocenters. The number of hydrogen-bond donors (Lipinski definition) is 1. The van der Waals surface area contributed by atoms with Gasteiger partial charge >= 0.3 is 0 Å². The molecule has 6 heteroatoms. The number of hydrogen-bond acceptors (Lipinski definition) is 3. The molecular weight excluding hydrogens is 251 g/mol. The molecule has 1 aliphatic rings. The van der Waals surface area contributed by atoms with E-state index in [0.717, 1.165) is 0 Å². The zero-order chi connectivity index (χ0) is 14.2. The molecule has 2 rings (SSSR count). The van der Waals surface area contributed by atoms with Crippen LogP contribution in [0.1, 0.15) is 13.8 Å². The van der Waals surface area contributed by atoms with Gasteiger partial charge in [0.1, 0.15) is 12.1 Å². The molecule has 1 aromatic rings. The largest absolute Gasteiger partial charge is 0.494 e. The molecule has 0 bridgehead atoms. The van der Waals surface area contributed by atoms with Gasteiger partial charge in [0.15, 0.2) is 11.6 Å². The van der Waals surface area contributed by atoms with Crippen LogP contribution < -0.4 is 15.0 Å². The molecule has 0 aliphatic carbocycles. The Kier molecular flexibility index (Phi) is 3.42. The topological polar surface area (TPSA) is 58.6 Å². The van der Waals surface area contributed by atoms with Crippen molar-refractivity contribution in [1.82, 2.24) is 5.32 Å². The number of halogens is 1. The second kappa shape index (κ2) is 4.87. The van der Waals surface area contributed by atoms with Crippen LogP contribution in [-0.2, 0) is 9.59 Å². The number of rotatable bonds is 2. The van der Waals surface area contributed by atoms with Gasteiger partial charge in [-0.05, 0) is 26.0 Å². The third kappa shape index (κ3) is 2.25. The van der Waals surface area contributed by atoms with Gasteiger partial charge in [-0.3, -0.25) is 14.5 Å². The standard InChI is InChI=1S/C13H15FN2O3/c1-7-13(18)16(8(2)12(17)15-7)9-4-5-11(19-3)10(14)6-9/h4-8H,1-3H3,(H,15,17). The molecule has 2 amide bonds.